The Kier molecular flexibility index (Phi) is 3.09. The summed E-state index contributed by atoms with van der Waals surface area (Å²) in [6.45, 7) is 2.49. The molecule has 70 valence electrons. The van der Waals surface area contributed by atoms with Gasteiger partial charge >= 0.3 is 0 Å². The lowest BCUT2D eigenvalue weighted by Crippen LogP contribution is -2.37. The fourth-order valence-corrected chi connectivity index (χ4v) is 1.37. The molecule has 0 radical (unpaired) electrons. The van der Waals surface area contributed by atoms with Gasteiger partial charge in [-0.05, 0) is 19.3 Å². The Balaban J connectivity index is 2.42. The first-order chi connectivity index (χ1) is 5.70. The molecule has 1 amide bonds. The van der Waals surface area contributed by atoms with Crippen molar-refractivity contribution in [2.24, 2.45) is 11.7 Å². The minimum absolute atomic E-state index is 0.0376. The Bertz CT molecular complexity index is 158. The highest BCUT2D eigenvalue weighted by molar-refractivity contribution is 5.79. The van der Waals surface area contributed by atoms with Crippen LogP contribution in [0.25, 0.3) is 0 Å². The van der Waals surface area contributed by atoms with Crippen molar-refractivity contribution in [1.82, 2.24) is 4.90 Å². The van der Waals surface area contributed by atoms with Gasteiger partial charge in [-0.2, -0.15) is 0 Å². The largest absolute Gasteiger partial charge is 0.342 e. The summed E-state index contributed by atoms with van der Waals surface area (Å²) in [7, 11) is 1.89. The van der Waals surface area contributed by atoms with E-state index in [1.54, 1.807) is 0 Å². The fourth-order valence-electron chi connectivity index (χ4n) is 1.37. The van der Waals surface area contributed by atoms with Crippen molar-refractivity contribution in [3.8, 4) is 0 Å². The smallest absolute Gasteiger partial charge is 0.226 e. The third kappa shape index (κ3) is 1.97. The highest BCUT2D eigenvalue weighted by atomic mass is 16.2. The van der Waals surface area contributed by atoms with Crippen LogP contribution in [-0.2, 0) is 4.79 Å². The first-order valence-electron chi connectivity index (χ1n) is 4.67. The van der Waals surface area contributed by atoms with Gasteiger partial charge in [0.1, 0.15) is 0 Å². The van der Waals surface area contributed by atoms with Crippen LogP contribution in [0.3, 0.4) is 0 Å². The van der Waals surface area contributed by atoms with Crippen LogP contribution in [0.15, 0.2) is 0 Å². The first kappa shape index (κ1) is 9.52. The van der Waals surface area contributed by atoms with Gasteiger partial charge in [-0.1, -0.05) is 6.92 Å². The molecule has 3 heteroatoms. The van der Waals surface area contributed by atoms with E-state index in [9.17, 15) is 4.79 Å². The molecule has 0 aliphatic heterocycles. The number of carbonyl (C=O) groups is 1. The zero-order valence-corrected chi connectivity index (χ0v) is 7.92. The molecule has 0 aromatic heterocycles. The fraction of sp³-hybridized carbons (Fsp3) is 0.889. The summed E-state index contributed by atoms with van der Waals surface area (Å²) in [5.74, 6) is 0.262. The molecule has 1 unspecified atom stereocenters. The van der Waals surface area contributed by atoms with Crippen LogP contribution >= 0.6 is 0 Å². The third-order valence-electron chi connectivity index (χ3n) is 2.57. The van der Waals surface area contributed by atoms with Gasteiger partial charge in [0.25, 0.3) is 0 Å². The maximum Gasteiger partial charge on any atom is 0.226 e. The summed E-state index contributed by atoms with van der Waals surface area (Å²) in [6.07, 6.45) is 3.19. The van der Waals surface area contributed by atoms with Crippen LogP contribution in [0.2, 0.25) is 0 Å². The van der Waals surface area contributed by atoms with Crippen molar-refractivity contribution in [2.75, 3.05) is 13.6 Å². The molecular formula is C9H18N2O. The molecule has 2 N–H and O–H groups in total. The highest BCUT2D eigenvalue weighted by Gasteiger charge is 2.31. The second-order valence-corrected chi connectivity index (χ2v) is 3.52. The van der Waals surface area contributed by atoms with Gasteiger partial charge in [-0.25, -0.2) is 0 Å². The molecule has 0 aromatic carbocycles. The number of carbonyl (C=O) groups excluding carboxylic acids is 1. The Morgan fingerprint density at radius 1 is 1.67 bits per heavy atom. The molecule has 1 fully saturated rings. The van der Waals surface area contributed by atoms with Crippen molar-refractivity contribution in [3.63, 3.8) is 0 Å². The molecule has 12 heavy (non-hydrogen) atoms. The summed E-state index contributed by atoms with van der Waals surface area (Å²) < 4.78 is 0. The van der Waals surface area contributed by atoms with Gasteiger partial charge < -0.3 is 10.6 Å². The lowest BCUT2D eigenvalue weighted by molar-refractivity contribution is -0.134. The molecule has 0 saturated heterocycles. The van der Waals surface area contributed by atoms with E-state index in [4.69, 9.17) is 5.73 Å². The molecule has 1 rings (SSSR count). The van der Waals surface area contributed by atoms with Crippen LogP contribution in [0.5, 0.6) is 0 Å². The highest BCUT2D eigenvalue weighted by Crippen LogP contribution is 2.26. The molecule has 0 heterocycles. The van der Waals surface area contributed by atoms with Crippen molar-refractivity contribution in [2.45, 2.75) is 32.2 Å². The van der Waals surface area contributed by atoms with E-state index in [0.29, 0.717) is 12.6 Å². The maximum absolute atomic E-state index is 11.6. The average molecular weight is 170 g/mol. The summed E-state index contributed by atoms with van der Waals surface area (Å²) in [5, 5.41) is 0. The molecular weight excluding hydrogens is 152 g/mol. The van der Waals surface area contributed by atoms with Gasteiger partial charge in [-0.3, -0.25) is 4.79 Å². The van der Waals surface area contributed by atoms with E-state index < -0.39 is 0 Å². The van der Waals surface area contributed by atoms with Crippen LogP contribution in [0.1, 0.15) is 26.2 Å². The van der Waals surface area contributed by atoms with Crippen LogP contribution in [0.4, 0.5) is 0 Å². The van der Waals surface area contributed by atoms with Gasteiger partial charge in [0, 0.05) is 19.6 Å². The van der Waals surface area contributed by atoms with Crippen LogP contribution < -0.4 is 5.73 Å². The maximum atomic E-state index is 11.6. The topological polar surface area (TPSA) is 46.3 Å². The molecule has 0 spiro atoms. The Morgan fingerprint density at radius 3 is 2.58 bits per heavy atom. The quantitative estimate of drug-likeness (QED) is 0.671. The zero-order chi connectivity index (χ0) is 9.14. The number of hydrogen-bond donors (Lipinski definition) is 1. The second kappa shape index (κ2) is 3.90. The van der Waals surface area contributed by atoms with E-state index in [0.717, 1.165) is 6.42 Å². The zero-order valence-electron chi connectivity index (χ0n) is 7.92. The Labute approximate surface area is 73.9 Å². The number of nitrogens with two attached hydrogens (primary N) is 1. The van der Waals surface area contributed by atoms with Crippen molar-refractivity contribution in [1.29, 1.82) is 0 Å². The minimum atomic E-state index is 0.0376. The van der Waals surface area contributed by atoms with Crippen molar-refractivity contribution in [3.05, 3.63) is 0 Å². The lowest BCUT2D eigenvalue weighted by atomic mass is 10.1. The van der Waals surface area contributed by atoms with Gasteiger partial charge in [-0.15, -0.1) is 0 Å². The van der Waals surface area contributed by atoms with Crippen molar-refractivity contribution < 1.29 is 4.79 Å². The molecule has 1 atom stereocenters. The molecule has 1 aliphatic carbocycles. The average Bonchev–Trinajstić information content (AvgIpc) is 2.87. The standard InChI is InChI=1S/C9H18N2O/c1-3-7(6-10)9(12)11(2)8-4-5-8/h7-8H,3-6,10H2,1-2H3. The Hall–Kier alpha value is -0.570. The molecule has 0 aromatic rings. The number of nitrogens with zero attached hydrogens (tertiary/aromatic N) is 1. The van der Waals surface area contributed by atoms with Gasteiger partial charge in [0.05, 0.1) is 5.92 Å². The van der Waals surface area contributed by atoms with E-state index in [2.05, 4.69) is 0 Å². The third-order valence-corrected chi connectivity index (χ3v) is 2.57. The number of rotatable bonds is 4. The first-order valence-corrected chi connectivity index (χ1v) is 4.67. The predicted octanol–water partition coefficient (Wildman–Crippen LogP) is 0.592. The minimum Gasteiger partial charge on any atom is -0.342 e. The summed E-state index contributed by atoms with van der Waals surface area (Å²) in [4.78, 5) is 13.5. The predicted molar refractivity (Wildman–Crippen MR) is 48.6 cm³/mol. The summed E-state index contributed by atoms with van der Waals surface area (Å²) >= 11 is 0. The van der Waals surface area contributed by atoms with Crippen molar-refractivity contribution >= 4 is 5.91 Å². The van der Waals surface area contributed by atoms with Gasteiger partial charge in [0.15, 0.2) is 0 Å². The van der Waals surface area contributed by atoms with Crippen LogP contribution in [0, 0.1) is 5.92 Å². The summed E-state index contributed by atoms with van der Waals surface area (Å²) in [5.41, 5.74) is 5.50. The lowest BCUT2D eigenvalue weighted by Gasteiger charge is -2.21. The number of amides is 1. The van der Waals surface area contributed by atoms with E-state index in [1.165, 1.54) is 12.8 Å². The van der Waals surface area contributed by atoms with Crippen LogP contribution in [-0.4, -0.2) is 30.4 Å². The second-order valence-electron chi connectivity index (χ2n) is 3.52. The van der Waals surface area contributed by atoms with E-state index in [-0.39, 0.29) is 11.8 Å². The summed E-state index contributed by atoms with van der Waals surface area (Å²) in [6, 6.07) is 0.512. The normalized spacial score (nSPS) is 18.9. The van der Waals surface area contributed by atoms with Gasteiger partial charge in [0.2, 0.25) is 5.91 Å². The number of hydrogen-bond acceptors (Lipinski definition) is 2. The SMILES string of the molecule is CCC(CN)C(=O)N(C)C1CC1. The van der Waals surface area contributed by atoms with E-state index in [1.807, 2.05) is 18.9 Å². The monoisotopic (exact) mass is 170 g/mol. The molecule has 1 saturated carbocycles. The molecule has 1 aliphatic rings. The molecule has 3 nitrogen and oxygen atoms in total. The molecule has 0 bridgehead atoms. The Morgan fingerprint density at radius 2 is 2.25 bits per heavy atom. The van der Waals surface area contributed by atoms with E-state index >= 15 is 0 Å².